The summed E-state index contributed by atoms with van der Waals surface area (Å²) in [7, 11) is 0. The van der Waals surface area contributed by atoms with E-state index in [-0.39, 0.29) is 0 Å². The Balaban J connectivity index is 1.18. The van der Waals surface area contributed by atoms with Crippen molar-refractivity contribution in [2.24, 2.45) is 0 Å². The second-order valence-corrected chi connectivity index (χ2v) is 15.1. The number of aryl methyl sites for hydroxylation is 2. The summed E-state index contributed by atoms with van der Waals surface area (Å²) in [5.74, 6) is 0. The molecular formula is C56H46N4. The number of hydrogen-bond acceptors (Lipinski definition) is 4. The fourth-order valence-corrected chi connectivity index (χ4v) is 7.95. The fourth-order valence-electron chi connectivity index (χ4n) is 7.95. The maximum Gasteiger partial charge on any atom is 0.0703 e. The van der Waals surface area contributed by atoms with E-state index in [0.717, 1.165) is 89.5 Å². The zero-order valence-electron chi connectivity index (χ0n) is 33.8. The largest absolute Gasteiger partial charge is 0.301 e. The molecule has 0 aliphatic rings. The molecule has 0 atom stereocenters. The topological polar surface area (TPSA) is 48.1 Å². The highest BCUT2D eigenvalue weighted by atomic mass is 15.4. The van der Waals surface area contributed by atoms with Crippen molar-refractivity contribution in [1.82, 2.24) is 0 Å². The van der Waals surface area contributed by atoms with Crippen molar-refractivity contribution < 1.29 is 0 Å². The lowest BCUT2D eigenvalue weighted by Gasteiger charge is -2.26. The molecule has 0 bridgehead atoms. The Labute approximate surface area is 353 Å². The molecule has 290 valence electrons. The summed E-state index contributed by atoms with van der Waals surface area (Å²) in [5, 5.41) is 0. The number of anilines is 4. The number of benzene rings is 9. The lowest BCUT2D eigenvalue weighted by Crippen LogP contribution is -2.13. The number of hydrazine groups is 2. The van der Waals surface area contributed by atoms with Crippen LogP contribution in [-0.4, -0.2) is 0 Å². The van der Waals surface area contributed by atoms with Gasteiger partial charge in [-0.25, -0.2) is 0 Å². The van der Waals surface area contributed by atoms with Gasteiger partial charge in [0.2, 0.25) is 0 Å². The minimum atomic E-state index is 0.960. The number of rotatable bonds is 12. The normalized spacial score (nSPS) is 10.8. The molecule has 0 heterocycles. The Bertz CT molecular complexity index is 2840. The Hall–Kier alpha value is -7.82. The molecule has 0 radical (unpaired) electrons. The summed E-state index contributed by atoms with van der Waals surface area (Å²) in [6.07, 6.45) is 0. The van der Waals surface area contributed by atoms with E-state index in [0.29, 0.717) is 0 Å². The minimum Gasteiger partial charge on any atom is -0.301 e. The minimum absolute atomic E-state index is 0.960. The van der Waals surface area contributed by atoms with E-state index in [2.05, 4.69) is 248 Å². The van der Waals surface area contributed by atoms with Gasteiger partial charge >= 0.3 is 0 Å². The van der Waals surface area contributed by atoms with Gasteiger partial charge in [0.05, 0.1) is 22.7 Å². The second kappa shape index (κ2) is 17.4. The third-order valence-electron chi connectivity index (χ3n) is 10.9. The van der Waals surface area contributed by atoms with Gasteiger partial charge < -0.3 is 16.3 Å². The molecule has 4 nitrogen and oxygen atoms in total. The van der Waals surface area contributed by atoms with Crippen LogP contribution in [0.4, 0.5) is 22.7 Å². The molecule has 0 aliphatic carbocycles. The van der Waals surface area contributed by atoms with Crippen LogP contribution < -0.4 is 21.7 Å². The van der Waals surface area contributed by atoms with E-state index in [9.17, 15) is 0 Å². The maximum absolute atomic E-state index is 3.81. The molecule has 4 heteroatoms. The van der Waals surface area contributed by atoms with Crippen LogP contribution in [-0.2, 0) is 0 Å². The van der Waals surface area contributed by atoms with Crippen LogP contribution in [0.5, 0.6) is 0 Å². The lowest BCUT2D eigenvalue weighted by molar-refractivity contribution is 1.37. The maximum atomic E-state index is 3.81. The summed E-state index contributed by atoms with van der Waals surface area (Å²) in [6, 6.07) is 77.4. The predicted octanol–water partition coefficient (Wildman–Crippen LogP) is 15.2. The Morgan fingerprint density at radius 1 is 0.267 bits per heavy atom. The van der Waals surface area contributed by atoms with Gasteiger partial charge in [-0.05, 0) is 99.8 Å². The second-order valence-electron chi connectivity index (χ2n) is 15.1. The Morgan fingerprint density at radius 2 is 0.650 bits per heavy atom. The van der Waals surface area contributed by atoms with Crippen LogP contribution in [0.25, 0.3) is 66.8 Å². The molecule has 9 aromatic carbocycles. The first-order chi connectivity index (χ1) is 29.6. The molecule has 0 amide bonds. The van der Waals surface area contributed by atoms with Crippen molar-refractivity contribution in [3.63, 3.8) is 0 Å². The van der Waals surface area contributed by atoms with Gasteiger partial charge in [0.25, 0.3) is 0 Å². The molecule has 0 aromatic heterocycles. The van der Waals surface area contributed by atoms with E-state index in [1.165, 1.54) is 11.1 Å². The van der Waals surface area contributed by atoms with Crippen LogP contribution in [0, 0.1) is 13.8 Å². The molecule has 0 aliphatic heterocycles. The molecular weight excluding hydrogens is 729 g/mol. The third kappa shape index (κ3) is 8.13. The average molecular weight is 775 g/mol. The standard InChI is InChI=1S/C56H46N4/c1-39-28-34-48(41-18-8-3-9-19-41)52(36-39)58-57-47-32-30-44(31-33-47)50-38-51(43-22-12-5-13-23-43)56(55(46-26-16-7-17-27-46)54(50)45-24-14-6-15-25-45)60-59-53-37-40(2)29-35-49(53)42-20-10-4-11-21-42/h3-38,57-60H,1-2H3. The van der Waals surface area contributed by atoms with Crippen LogP contribution in [0.2, 0.25) is 0 Å². The first-order valence-corrected chi connectivity index (χ1v) is 20.4. The van der Waals surface area contributed by atoms with E-state index in [1.807, 2.05) is 6.07 Å². The van der Waals surface area contributed by atoms with E-state index in [4.69, 9.17) is 0 Å². The zero-order chi connectivity index (χ0) is 40.7. The third-order valence-corrected chi connectivity index (χ3v) is 10.9. The first-order valence-electron chi connectivity index (χ1n) is 20.4. The van der Waals surface area contributed by atoms with Gasteiger partial charge in [0, 0.05) is 22.3 Å². The van der Waals surface area contributed by atoms with Crippen molar-refractivity contribution in [3.05, 3.63) is 230 Å². The van der Waals surface area contributed by atoms with Crippen LogP contribution in [0.3, 0.4) is 0 Å². The van der Waals surface area contributed by atoms with E-state index in [1.54, 1.807) is 0 Å². The van der Waals surface area contributed by atoms with Gasteiger partial charge in [0.1, 0.15) is 0 Å². The number of hydrogen-bond donors (Lipinski definition) is 4. The van der Waals surface area contributed by atoms with Crippen LogP contribution in [0.15, 0.2) is 218 Å². The average Bonchev–Trinajstić information content (AvgIpc) is 3.31. The summed E-state index contributed by atoms with van der Waals surface area (Å²) < 4.78 is 0. The first kappa shape index (κ1) is 37.7. The molecule has 9 aromatic rings. The highest BCUT2D eigenvalue weighted by molar-refractivity contribution is 6.06. The van der Waals surface area contributed by atoms with Crippen molar-refractivity contribution in [3.8, 4) is 66.8 Å². The number of nitrogens with one attached hydrogen (secondary N) is 4. The highest BCUT2D eigenvalue weighted by Gasteiger charge is 2.23. The summed E-state index contributed by atoms with van der Waals surface area (Å²) in [5.41, 5.74) is 34.4. The molecule has 9 rings (SSSR count). The molecule has 60 heavy (non-hydrogen) atoms. The van der Waals surface area contributed by atoms with Gasteiger partial charge in [-0.1, -0.05) is 188 Å². The predicted molar refractivity (Wildman–Crippen MR) is 256 cm³/mol. The summed E-state index contributed by atoms with van der Waals surface area (Å²) in [6.45, 7) is 4.25. The van der Waals surface area contributed by atoms with Gasteiger partial charge in [-0.15, -0.1) is 0 Å². The van der Waals surface area contributed by atoms with Crippen molar-refractivity contribution in [1.29, 1.82) is 0 Å². The Kier molecular flexibility index (Phi) is 10.9. The van der Waals surface area contributed by atoms with Crippen molar-refractivity contribution in [2.75, 3.05) is 21.7 Å². The van der Waals surface area contributed by atoms with E-state index < -0.39 is 0 Å². The summed E-state index contributed by atoms with van der Waals surface area (Å²) >= 11 is 0. The zero-order valence-corrected chi connectivity index (χ0v) is 33.8. The van der Waals surface area contributed by atoms with Gasteiger partial charge in [0.15, 0.2) is 0 Å². The quantitative estimate of drug-likeness (QED) is 0.0934. The monoisotopic (exact) mass is 774 g/mol. The molecule has 0 saturated carbocycles. The van der Waals surface area contributed by atoms with Crippen molar-refractivity contribution in [2.45, 2.75) is 13.8 Å². The molecule has 0 fully saturated rings. The van der Waals surface area contributed by atoms with E-state index >= 15 is 0 Å². The van der Waals surface area contributed by atoms with Gasteiger partial charge in [-0.2, -0.15) is 0 Å². The smallest absolute Gasteiger partial charge is 0.0703 e. The summed E-state index contributed by atoms with van der Waals surface area (Å²) in [4.78, 5) is 0. The fraction of sp³-hybridized carbons (Fsp3) is 0.0357. The lowest BCUT2D eigenvalue weighted by atomic mass is 9.83. The van der Waals surface area contributed by atoms with Gasteiger partial charge in [-0.3, -0.25) is 5.43 Å². The molecule has 0 saturated heterocycles. The Morgan fingerprint density at radius 3 is 1.12 bits per heavy atom. The van der Waals surface area contributed by atoms with Crippen LogP contribution in [0.1, 0.15) is 11.1 Å². The van der Waals surface area contributed by atoms with Crippen LogP contribution >= 0.6 is 0 Å². The molecule has 0 spiro atoms. The molecule has 0 unspecified atom stereocenters. The van der Waals surface area contributed by atoms with Crippen molar-refractivity contribution >= 4 is 22.7 Å². The molecule has 4 N–H and O–H groups in total. The SMILES string of the molecule is Cc1ccc(-c2ccccc2)c(NNc2ccc(-c3cc(-c4ccccc4)c(NNc4cc(C)ccc4-c4ccccc4)c(-c4ccccc4)c3-c3ccccc3)cc2)c1. The highest BCUT2D eigenvalue weighted by Crippen LogP contribution is 2.49.